The summed E-state index contributed by atoms with van der Waals surface area (Å²) in [6.45, 7) is 31.2. The largest absolute Gasteiger partial charge is 0.215 e. The second-order valence-electron chi connectivity index (χ2n) is 22.6. The first-order chi connectivity index (χ1) is 41.5. The molecule has 0 radical (unpaired) electrons. The molecule has 0 aliphatic rings. The molecule has 0 bridgehead atoms. The van der Waals surface area contributed by atoms with Crippen molar-refractivity contribution in [3.8, 4) is 56.3 Å². The SMILES string of the molecule is [2H]c1c(C(C)C)c(C)c(C)c(-c2ccccc2C)[n+]1C.[2H]c1c(C(C)C)c(C)c([2H])[n+](C)c1-c1ccccc1C.[2H]c1c(C)cc[n+](C)c1-c1ccccc1C.[2H]c1c[n+](C)c(-c2ccccc2C)cc1C.[2H]c1ccc(-c2cc(C)cc[n+]2C)c(C)c1. The van der Waals surface area contributed by atoms with Crippen LogP contribution < -0.4 is 22.8 Å². The third-order valence-corrected chi connectivity index (χ3v) is 15.1. The Morgan fingerprint density at radius 1 is 0.329 bits per heavy atom. The molecule has 0 unspecified atom stereocenters. The highest BCUT2D eigenvalue weighted by atomic mass is 14.9. The fourth-order valence-electron chi connectivity index (χ4n) is 10.3. The lowest BCUT2D eigenvalue weighted by molar-refractivity contribution is -0.661. The second-order valence-corrected chi connectivity index (χ2v) is 22.6. The molecule has 5 heteroatoms. The number of aromatic nitrogens is 5. The van der Waals surface area contributed by atoms with Gasteiger partial charge >= 0.3 is 0 Å². The van der Waals surface area contributed by atoms with E-state index in [2.05, 4.69) is 154 Å². The van der Waals surface area contributed by atoms with E-state index in [1.807, 2.05) is 166 Å². The summed E-state index contributed by atoms with van der Waals surface area (Å²) in [6.07, 6.45) is 7.05. The van der Waals surface area contributed by atoms with Crippen molar-refractivity contribution in [1.82, 2.24) is 0 Å². The topological polar surface area (TPSA) is 19.4 Å². The third kappa shape index (κ3) is 16.1. The predicted octanol–water partition coefficient (Wildman–Crippen LogP) is 16.5. The molecule has 0 spiro atoms. The zero-order chi connectivity index (χ0) is 65.2. The summed E-state index contributed by atoms with van der Waals surface area (Å²) >= 11 is 0. The van der Waals surface area contributed by atoms with Gasteiger partial charge in [-0.1, -0.05) is 119 Å². The lowest BCUT2D eigenvalue weighted by Crippen LogP contribution is -2.33. The molecule has 82 heavy (non-hydrogen) atoms. The van der Waals surface area contributed by atoms with Gasteiger partial charge in [-0.3, -0.25) is 0 Å². The minimum absolute atomic E-state index is 0.246. The number of rotatable bonds is 7. The minimum Gasteiger partial charge on any atom is -0.201 e. The van der Waals surface area contributed by atoms with Gasteiger partial charge in [0.1, 0.15) is 38.0 Å². The van der Waals surface area contributed by atoms with Crippen molar-refractivity contribution in [2.24, 2.45) is 35.2 Å². The van der Waals surface area contributed by atoms with Gasteiger partial charge in [0.05, 0.1) is 5.48 Å². The normalized spacial score (nSPS) is 11.7. The summed E-state index contributed by atoms with van der Waals surface area (Å²) in [5, 5.41) is 0. The second kappa shape index (κ2) is 29.0. The van der Waals surface area contributed by atoms with Gasteiger partial charge in [-0.25, -0.2) is 22.8 Å². The first kappa shape index (κ1) is 54.4. The number of nitrogens with zero attached hydrogens (tertiary/aromatic N) is 5. The van der Waals surface area contributed by atoms with Crippen LogP contribution in [0, 0.1) is 76.2 Å². The van der Waals surface area contributed by atoms with Crippen LogP contribution >= 0.6 is 0 Å². The van der Waals surface area contributed by atoms with Crippen molar-refractivity contribution >= 4 is 0 Å². The van der Waals surface area contributed by atoms with Crippen molar-refractivity contribution in [3.63, 3.8) is 0 Å². The molecule has 5 aromatic heterocycles. The van der Waals surface area contributed by atoms with Crippen molar-refractivity contribution in [1.29, 1.82) is 0 Å². The van der Waals surface area contributed by atoms with E-state index in [4.69, 9.17) is 8.22 Å². The van der Waals surface area contributed by atoms with Gasteiger partial charge in [0.15, 0.2) is 30.9 Å². The van der Waals surface area contributed by atoms with Crippen LogP contribution in [-0.4, -0.2) is 0 Å². The first-order valence-corrected chi connectivity index (χ1v) is 28.7. The zero-order valence-electron chi connectivity index (χ0n) is 58.9. The average Bonchev–Trinajstić information content (AvgIpc) is 1.07. The molecule has 5 nitrogen and oxygen atoms in total. The number of benzene rings is 5. The molecule has 0 saturated carbocycles. The summed E-state index contributed by atoms with van der Waals surface area (Å²) in [5.41, 5.74) is 26.0. The lowest BCUT2D eigenvalue weighted by Gasteiger charge is -2.14. The van der Waals surface area contributed by atoms with Gasteiger partial charge in [-0.05, 0) is 174 Å². The number of aryl methyl sites for hydroxylation is 11. The molecular weight excluding hydrogens is 995 g/mol. The molecule has 0 saturated heterocycles. The zero-order valence-corrected chi connectivity index (χ0v) is 52.9. The predicted molar refractivity (Wildman–Crippen MR) is 346 cm³/mol. The van der Waals surface area contributed by atoms with Crippen LogP contribution in [-0.2, 0) is 35.2 Å². The molecule has 0 aliphatic carbocycles. The Morgan fingerprint density at radius 2 is 0.732 bits per heavy atom. The molecule has 0 N–H and O–H groups in total. The Morgan fingerprint density at radius 3 is 1.22 bits per heavy atom. The molecule has 0 aliphatic heterocycles. The average molecular weight is 1100 g/mol. The summed E-state index contributed by atoms with van der Waals surface area (Å²) in [7, 11) is 9.89. The third-order valence-electron chi connectivity index (χ3n) is 15.1. The van der Waals surface area contributed by atoms with E-state index in [1.54, 1.807) is 0 Å². The highest BCUT2D eigenvalue weighted by molar-refractivity contribution is 5.66. The van der Waals surface area contributed by atoms with Crippen molar-refractivity contribution in [2.75, 3.05) is 0 Å². The summed E-state index contributed by atoms with van der Waals surface area (Å²) < 4.78 is 58.9. The van der Waals surface area contributed by atoms with E-state index in [9.17, 15) is 0 Å². The van der Waals surface area contributed by atoms with Gasteiger partial charge in [-0.2, -0.15) is 0 Å². The monoisotopic (exact) mass is 1090 g/mol. The maximum Gasteiger partial charge on any atom is 0.215 e. The van der Waals surface area contributed by atoms with Gasteiger partial charge in [0, 0.05) is 86.9 Å². The van der Waals surface area contributed by atoms with Gasteiger partial charge in [0.25, 0.3) is 0 Å². The molecule has 5 aromatic carbocycles. The van der Waals surface area contributed by atoms with Crippen LogP contribution in [0.3, 0.4) is 0 Å². The molecule has 422 valence electrons. The van der Waals surface area contributed by atoms with Gasteiger partial charge < -0.3 is 0 Å². The van der Waals surface area contributed by atoms with Crippen molar-refractivity contribution in [2.45, 2.75) is 116 Å². The summed E-state index contributed by atoms with van der Waals surface area (Å²) in [5.74, 6) is 0.619. The molecule has 10 aromatic rings. The highest BCUT2D eigenvalue weighted by Gasteiger charge is 2.22. The molecular formula is C77H94N5+5. The van der Waals surface area contributed by atoms with E-state index in [0.29, 0.717) is 42.4 Å². The number of pyridine rings is 5. The van der Waals surface area contributed by atoms with E-state index in [1.165, 1.54) is 55.8 Å². The standard InChI is InChI=1S/C18H24N.C17H22N.3C14H16N/c1-12(2)17-11-19(6)18(15(5)14(17)4)16-10-8-7-9-13(16)3;1-12(2)16-10-17(18(5)11-14(16)4)15-9-7-6-8-13(15)3;3*1-11-8-9-15(3)14(10-11)13-7-5-4-6-12(13)2/h7-12H,1-6H3;6-12H,1-5H3;3*4-10H,1-3H3/q5*+1/i11D;10D,11D;10D;8D;4D. The van der Waals surface area contributed by atoms with Crippen LogP contribution in [0.4, 0.5) is 0 Å². The Bertz CT molecular complexity index is 4120. The van der Waals surface area contributed by atoms with Crippen LogP contribution in [0.5, 0.6) is 0 Å². The highest BCUT2D eigenvalue weighted by Crippen LogP contribution is 2.30. The molecule has 10 rings (SSSR count). The maximum atomic E-state index is 8.59. The molecule has 0 amide bonds. The van der Waals surface area contributed by atoms with E-state index in [-0.39, 0.29) is 5.92 Å². The smallest absolute Gasteiger partial charge is 0.201 e. The van der Waals surface area contributed by atoms with Gasteiger partial charge in [-0.15, -0.1) is 0 Å². The quantitative estimate of drug-likeness (QED) is 0.142. The van der Waals surface area contributed by atoms with Crippen LogP contribution in [0.1, 0.15) is 120 Å². The summed E-state index contributed by atoms with van der Waals surface area (Å²) in [4.78, 5) is 0. The van der Waals surface area contributed by atoms with E-state index >= 15 is 0 Å². The van der Waals surface area contributed by atoms with Crippen molar-refractivity contribution in [3.05, 3.63) is 267 Å². The summed E-state index contributed by atoms with van der Waals surface area (Å²) in [6, 6.07) is 49.4. The van der Waals surface area contributed by atoms with Gasteiger partial charge in [0.2, 0.25) is 28.5 Å². The van der Waals surface area contributed by atoms with E-state index < -0.39 is 0 Å². The first-order valence-electron chi connectivity index (χ1n) is 31.7. The Kier molecular flexibility index (Phi) is 19.3. The van der Waals surface area contributed by atoms with Crippen LogP contribution in [0.25, 0.3) is 56.3 Å². The van der Waals surface area contributed by atoms with Crippen LogP contribution in [0.2, 0.25) is 0 Å². The van der Waals surface area contributed by atoms with E-state index in [0.717, 1.165) is 72.8 Å². The Labute approximate surface area is 503 Å². The molecule has 0 fully saturated rings. The maximum absolute atomic E-state index is 8.59. The molecule has 0 atom stereocenters. The van der Waals surface area contributed by atoms with Crippen LogP contribution in [0.15, 0.2) is 195 Å². The fourth-order valence-corrected chi connectivity index (χ4v) is 10.3. The Balaban J connectivity index is 0.000000176. The van der Waals surface area contributed by atoms with Crippen molar-refractivity contribution < 1.29 is 31.1 Å². The number of hydrogen-bond acceptors (Lipinski definition) is 0. The molecule has 5 heterocycles. The lowest BCUT2D eigenvalue weighted by atomic mass is 9.92. The minimum atomic E-state index is 0.246. The number of hydrogen-bond donors (Lipinski definition) is 0. The Hall–Kier alpha value is -8.15. The fraction of sp³-hybridized carbons (Fsp3) is 0.286.